The maximum Gasteiger partial charge on any atom is 0.224 e. The highest BCUT2D eigenvalue weighted by Crippen LogP contribution is 2.24. The molecule has 4 heteroatoms. The topological polar surface area (TPSA) is 55.6 Å². The van der Waals surface area contributed by atoms with Crippen LogP contribution in [0.5, 0.6) is 0 Å². The van der Waals surface area contributed by atoms with Gasteiger partial charge in [-0.15, -0.1) is 0 Å². The molecular formula is C13H26N2O2. The number of carbonyl (C=O) groups is 1. The Morgan fingerprint density at radius 3 is 2.88 bits per heavy atom. The van der Waals surface area contributed by atoms with Crippen LogP contribution < -0.4 is 5.73 Å². The largest absolute Gasteiger partial charge is 0.377 e. The van der Waals surface area contributed by atoms with Crippen LogP contribution in [-0.4, -0.2) is 42.6 Å². The van der Waals surface area contributed by atoms with Crippen LogP contribution >= 0.6 is 0 Å². The lowest BCUT2D eigenvalue weighted by molar-refractivity contribution is -0.139. The molecule has 1 aliphatic heterocycles. The van der Waals surface area contributed by atoms with Crippen molar-refractivity contribution in [3.8, 4) is 0 Å². The summed E-state index contributed by atoms with van der Waals surface area (Å²) < 4.78 is 5.49. The number of likely N-dealkylation sites (tertiary alicyclic amines) is 1. The summed E-state index contributed by atoms with van der Waals surface area (Å²) in [5, 5.41) is 0. The Morgan fingerprint density at radius 1 is 1.59 bits per heavy atom. The zero-order valence-electron chi connectivity index (χ0n) is 11.4. The van der Waals surface area contributed by atoms with Crippen molar-refractivity contribution in [1.29, 1.82) is 0 Å². The molecule has 0 spiro atoms. The number of amides is 1. The van der Waals surface area contributed by atoms with Crippen LogP contribution in [0, 0.1) is 0 Å². The third-order valence-corrected chi connectivity index (χ3v) is 3.60. The average molecular weight is 242 g/mol. The van der Waals surface area contributed by atoms with Gasteiger partial charge in [0.2, 0.25) is 5.91 Å². The van der Waals surface area contributed by atoms with Gasteiger partial charge in [-0.1, -0.05) is 13.3 Å². The minimum atomic E-state index is -0.178. The Balaban J connectivity index is 2.46. The van der Waals surface area contributed by atoms with Gasteiger partial charge in [0.25, 0.3) is 0 Å². The fraction of sp³-hybridized carbons (Fsp3) is 0.923. The molecule has 0 saturated carbocycles. The number of nitrogens with zero attached hydrogens (tertiary/aromatic N) is 1. The van der Waals surface area contributed by atoms with E-state index in [1.165, 1.54) is 0 Å². The lowest BCUT2D eigenvalue weighted by Crippen LogP contribution is -2.50. The van der Waals surface area contributed by atoms with Gasteiger partial charge >= 0.3 is 0 Å². The fourth-order valence-corrected chi connectivity index (χ4v) is 2.41. The summed E-state index contributed by atoms with van der Waals surface area (Å²) in [6.07, 6.45) is 4.45. The van der Waals surface area contributed by atoms with E-state index in [1.807, 2.05) is 4.90 Å². The molecule has 4 nitrogen and oxygen atoms in total. The third-order valence-electron chi connectivity index (χ3n) is 3.60. The summed E-state index contributed by atoms with van der Waals surface area (Å²) in [5.41, 5.74) is 5.74. The fourth-order valence-electron chi connectivity index (χ4n) is 2.41. The smallest absolute Gasteiger partial charge is 0.224 e. The summed E-state index contributed by atoms with van der Waals surface area (Å²) in [5.74, 6) is 0.175. The highest BCUT2D eigenvalue weighted by Gasteiger charge is 2.33. The highest BCUT2D eigenvalue weighted by molar-refractivity contribution is 5.77. The number of carbonyl (C=O) groups excluding carboxylic acids is 1. The lowest BCUT2D eigenvalue weighted by atomic mass is 9.94. The van der Waals surface area contributed by atoms with Crippen molar-refractivity contribution in [1.82, 2.24) is 4.90 Å². The molecule has 2 atom stereocenters. The Kier molecular flexibility index (Phi) is 5.40. The van der Waals surface area contributed by atoms with Gasteiger partial charge in [-0.25, -0.2) is 0 Å². The van der Waals surface area contributed by atoms with Gasteiger partial charge < -0.3 is 15.4 Å². The first-order valence-corrected chi connectivity index (χ1v) is 6.59. The van der Waals surface area contributed by atoms with E-state index >= 15 is 0 Å². The molecular weight excluding hydrogens is 216 g/mol. The second kappa shape index (κ2) is 6.36. The monoisotopic (exact) mass is 242 g/mol. The first-order valence-electron chi connectivity index (χ1n) is 6.59. The molecule has 1 saturated heterocycles. The Bertz CT molecular complexity index is 258. The molecule has 2 unspecified atom stereocenters. The van der Waals surface area contributed by atoms with Crippen LogP contribution in [-0.2, 0) is 9.53 Å². The van der Waals surface area contributed by atoms with E-state index in [0.29, 0.717) is 13.0 Å². The SMILES string of the molecule is CCCC(N)CC(=O)N1CCCC(C)(OC)C1. The molecule has 1 rings (SSSR count). The predicted octanol–water partition coefficient (Wildman–Crippen LogP) is 1.53. The van der Waals surface area contributed by atoms with Gasteiger partial charge in [0.1, 0.15) is 0 Å². The van der Waals surface area contributed by atoms with Gasteiger partial charge in [0.05, 0.1) is 5.60 Å². The second-order valence-corrected chi connectivity index (χ2v) is 5.33. The molecule has 1 fully saturated rings. The Morgan fingerprint density at radius 2 is 2.29 bits per heavy atom. The first kappa shape index (κ1) is 14.5. The maximum atomic E-state index is 12.1. The van der Waals surface area contributed by atoms with Crippen molar-refractivity contribution < 1.29 is 9.53 Å². The van der Waals surface area contributed by atoms with Crippen molar-refractivity contribution in [2.45, 2.75) is 57.6 Å². The van der Waals surface area contributed by atoms with E-state index in [-0.39, 0.29) is 17.6 Å². The zero-order valence-corrected chi connectivity index (χ0v) is 11.4. The molecule has 0 radical (unpaired) electrons. The normalized spacial score (nSPS) is 26.9. The molecule has 0 aromatic rings. The van der Waals surface area contributed by atoms with Crippen LogP contribution in [0.15, 0.2) is 0 Å². The van der Waals surface area contributed by atoms with E-state index in [0.717, 1.165) is 32.2 Å². The summed E-state index contributed by atoms with van der Waals surface area (Å²) >= 11 is 0. The molecule has 100 valence electrons. The molecule has 0 aliphatic carbocycles. The number of methoxy groups -OCH3 is 1. The Hall–Kier alpha value is -0.610. The number of hydrogen-bond acceptors (Lipinski definition) is 3. The van der Waals surface area contributed by atoms with E-state index < -0.39 is 0 Å². The molecule has 1 amide bonds. The summed E-state index contributed by atoms with van der Waals surface area (Å²) in [6.45, 7) is 5.70. The van der Waals surface area contributed by atoms with Crippen LogP contribution in [0.2, 0.25) is 0 Å². The lowest BCUT2D eigenvalue weighted by Gasteiger charge is -2.39. The van der Waals surface area contributed by atoms with Gasteiger partial charge in [-0.2, -0.15) is 0 Å². The van der Waals surface area contributed by atoms with Crippen LogP contribution in [0.25, 0.3) is 0 Å². The van der Waals surface area contributed by atoms with E-state index in [4.69, 9.17) is 10.5 Å². The number of ether oxygens (including phenoxy) is 1. The van der Waals surface area contributed by atoms with Crippen LogP contribution in [0.1, 0.15) is 46.0 Å². The van der Waals surface area contributed by atoms with Gasteiger partial charge in [-0.3, -0.25) is 4.79 Å². The summed E-state index contributed by atoms with van der Waals surface area (Å²) in [4.78, 5) is 14.0. The maximum absolute atomic E-state index is 12.1. The van der Waals surface area contributed by atoms with Crippen molar-refractivity contribution >= 4 is 5.91 Å². The number of nitrogens with two attached hydrogens (primary N) is 1. The molecule has 2 N–H and O–H groups in total. The average Bonchev–Trinajstić information content (AvgIpc) is 2.29. The van der Waals surface area contributed by atoms with Crippen molar-refractivity contribution in [3.05, 3.63) is 0 Å². The molecule has 17 heavy (non-hydrogen) atoms. The summed E-state index contributed by atoms with van der Waals surface area (Å²) in [6, 6.07) is 0.00299. The molecule has 1 aliphatic rings. The molecule has 0 aromatic heterocycles. The van der Waals surface area contributed by atoms with Crippen LogP contribution in [0.3, 0.4) is 0 Å². The van der Waals surface area contributed by atoms with Crippen molar-refractivity contribution in [3.63, 3.8) is 0 Å². The van der Waals surface area contributed by atoms with Crippen molar-refractivity contribution in [2.75, 3.05) is 20.2 Å². The number of piperidine rings is 1. The van der Waals surface area contributed by atoms with Crippen LogP contribution in [0.4, 0.5) is 0 Å². The number of rotatable bonds is 5. The summed E-state index contributed by atoms with van der Waals surface area (Å²) in [7, 11) is 1.72. The molecule has 1 heterocycles. The molecule has 0 bridgehead atoms. The standard InChI is InChI=1S/C13H26N2O2/c1-4-6-11(14)9-12(16)15-8-5-7-13(2,10-15)17-3/h11H,4-10,14H2,1-3H3. The van der Waals surface area contributed by atoms with Gasteiger partial charge in [0.15, 0.2) is 0 Å². The number of hydrogen-bond donors (Lipinski definition) is 1. The van der Waals surface area contributed by atoms with Crippen molar-refractivity contribution in [2.24, 2.45) is 5.73 Å². The van der Waals surface area contributed by atoms with Gasteiger partial charge in [-0.05, 0) is 26.2 Å². The van der Waals surface area contributed by atoms with E-state index in [9.17, 15) is 4.79 Å². The van der Waals surface area contributed by atoms with E-state index in [2.05, 4.69) is 13.8 Å². The minimum Gasteiger partial charge on any atom is -0.377 e. The molecule has 0 aromatic carbocycles. The Labute approximate surface area is 104 Å². The highest BCUT2D eigenvalue weighted by atomic mass is 16.5. The minimum absolute atomic E-state index is 0.00299. The third kappa shape index (κ3) is 4.28. The van der Waals surface area contributed by atoms with E-state index in [1.54, 1.807) is 7.11 Å². The predicted molar refractivity (Wildman–Crippen MR) is 68.7 cm³/mol. The zero-order chi connectivity index (χ0) is 12.9. The first-order chi connectivity index (χ1) is 8.00. The second-order valence-electron chi connectivity index (χ2n) is 5.33. The van der Waals surface area contributed by atoms with Gasteiger partial charge in [0, 0.05) is 32.7 Å². The quantitative estimate of drug-likeness (QED) is 0.795.